The van der Waals surface area contributed by atoms with Crippen molar-refractivity contribution in [3.05, 3.63) is 12.2 Å². The Hall–Kier alpha value is -0.830. The van der Waals surface area contributed by atoms with Crippen LogP contribution in [0, 0.1) is 0 Å². The van der Waals surface area contributed by atoms with Crippen molar-refractivity contribution in [2.24, 2.45) is 0 Å². The van der Waals surface area contributed by atoms with Gasteiger partial charge in [-0.25, -0.2) is 4.79 Å². The molecule has 12 heavy (non-hydrogen) atoms. The van der Waals surface area contributed by atoms with Crippen LogP contribution in [-0.2, 0) is 9.53 Å². The van der Waals surface area contributed by atoms with Crippen molar-refractivity contribution in [3.8, 4) is 0 Å². The summed E-state index contributed by atoms with van der Waals surface area (Å²) < 4.78 is 4.78. The maximum absolute atomic E-state index is 11.0. The molecule has 0 aromatic heterocycles. The zero-order valence-electron chi connectivity index (χ0n) is 8.09. The molecule has 0 fully saturated rings. The van der Waals surface area contributed by atoms with Gasteiger partial charge in [-0.3, -0.25) is 0 Å². The van der Waals surface area contributed by atoms with Crippen LogP contribution in [0.1, 0.15) is 13.3 Å². The van der Waals surface area contributed by atoms with Crippen molar-refractivity contribution in [1.82, 2.24) is 4.90 Å². The van der Waals surface area contributed by atoms with E-state index in [9.17, 15) is 4.79 Å². The largest absolute Gasteiger partial charge is 0.463 e. The maximum atomic E-state index is 11.0. The fourth-order valence-corrected chi connectivity index (χ4v) is 0.694. The molecule has 0 unspecified atom stereocenters. The highest BCUT2D eigenvalue weighted by molar-refractivity contribution is 5.87. The third-order valence-electron chi connectivity index (χ3n) is 1.42. The van der Waals surface area contributed by atoms with Gasteiger partial charge in [-0.15, -0.1) is 0 Å². The second kappa shape index (κ2) is 5.77. The summed E-state index contributed by atoms with van der Waals surface area (Å²) in [7, 11) is 3.91. The van der Waals surface area contributed by atoms with Crippen LogP contribution in [0.15, 0.2) is 12.2 Å². The lowest BCUT2D eigenvalue weighted by Crippen LogP contribution is -2.16. The van der Waals surface area contributed by atoms with Gasteiger partial charge in [-0.05, 0) is 27.4 Å². The highest BCUT2D eigenvalue weighted by atomic mass is 16.5. The molecule has 3 nitrogen and oxygen atoms in total. The smallest absolute Gasteiger partial charge is 0.333 e. The molecule has 3 heteroatoms. The molecule has 0 atom stereocenters. The molecule has 0 saturated heterocycles. The van der Waals surface area contributed by atoms with Crippen LogP contribution in [0.2, 0.25) is 0 Å². The van der Waals surface area contributed by atoms with E-state index < -0.39 is 0 Å². The van der Waals surface area contributed by atoms with Gasteiger partial charge in [0.25, 0.3) is 0 Å². The van der Waals surface area contributed by atoms with E-state index in [0.717, 1.165) is 6.54 Å². The molecule has 0 bridgehead atoms. The number of esters is 1. The molecule has 0 rings (SSSR count). The highest BCUT2D eigenvalue weighted by Gasteiger charge is 2.06. The van der Waals surface area contributed by atoms with Crippen LogP contribution in [0.5, 0.6) is 0 Å². The molecule has 0 radical (unpaired) electrons. The summed E-state index contributed by atoms with van der Waals surface area (Å²) >= 11 is 0. The predicted molar refractivity (Wildman–Crippen MR) is 48.9 cm³/mol. The predicted octanol–water partition coefficient (Wildman–Crippen LogP) is 1.06. The molecule has 0 spiro atoms. The lowest BCUT2D eigenvalue weighted by atomic mass is 10.2. The maximum Gasteiger partial charge on any atom is 0.333 e. The summed E-state index contributed by atoms with van der Waals surface area (Å²) in [5.41, 5.74) is 0.547. The van der Waals surface area contributed by atoms with Crippen LogP contribution in [-0.4, -0.2) is 38.1 Å². The minimum Gasteiger partial charge on any atom is -0.463 e. The normalized spacial score (nSPS) is 10.0. The van der Waals surface area contributed by atoms with E-state index in [-0.39, 0.29) is 5.97 Å². The van der Waals surface area contributed by atoms with Crippen LogP contribution >= 0.6 is 0 Å². The number of carbonyl (C=O) groups is 1. The Labute approximate surface area is 74.0 Å². The fraction of sp³-hybridized carbons (Fsp3) is 0.667. The van der Waals surface area contributed by atoms with Crippen molar-refractivity contribution in [2.75, 3.05) is 27.2 Å². The first kappa shape index (κ1) is 11.2. The van der Waals surface area contributed by atoms with Crippen molar-refractivity contribution in [2.45, 2.75) is 13.3 Å². The van der Waals surface area contributed by atoms with Gasteiger partial charge in [-0.2, -0.15) is 0 Å². The Morgan fingerprint density at radius 2 is 2.08 bits per heavy atom. The first-order valence-corrected chi connectivity index (χ1v) is 4.07. The lowest BCUT2D eigenvalue weighted by Gasteiger charge is -2.09. The molecule has 70 valence electrons. The number of rotatable bonds is 5. The molecule has 0 aromatic carbocycles. The standard InChI is InChI=1S/C9H17NO2/c1-5-12-9(11)8(2)6-7-10(3)4/h2,5-7H2,1,3-4H3. The summed E-state index contributed by atoms with van der Waals surface area (Å²) in [6, 6.07) is 0. The van der Waals surface area contributed by atoms with E-state index in [0.29, 0.717) is 18.6 Å². The quantitative estimate of drug-likeness (QED) is 0.457. The van der Waals surface area contributed by atoms with Gasteiger partial charge in [-0.1, -0.05) is 6.58 Å². The number of ether oxygens (including phenoxy) is 1. The molecule has 0 aliphatic heterocycles. The van der Waals surface area contributed by atoms with Gasteiger partial charge in [0, 0.05) is 12.1 Å². The van der Waals surface area contributed by atoms with Crippen LogP contribution in [0.3, 0.4) is 0 Å². The molecule has 0 N–H and O–H groups in total. The Balaban J connectivity index is 3.65. The number of carbonyl (C=O) groups excluding carboxylic acids is 1. The second-order valence-corrected chi connectivity index (χ2v) is 2.88. The zero-order valence-corrected chi connectivity index (χ0v) is 8.09. The fourth-order valence-electron chi connectivity index (χ4n) is 0.694. The summed E-state index contributed by atoms with van der Waals surface area (Å²) in [4.78, 5) is 13.0. The average Bonchev–Trinajstić information content (AvgIpc) is 2.00. The van der Waals surface area contributed by atoms with Gasteiger partial charge in [0.05, 0.1) is 6.61 Å². The second-order valence-electron chi connectivity index (χ2n) is 2.88. The Morgan fingerprint density at radius 3 is 2.50 bits per heavy atom. The SMILES string of the molecule is C=C(CCN(C)C)C(=O)OCC. The zero-order chi connectivity index (χ0) is 9.56. The van der Waals surface area contributed by atoms with E-state index in [4.69, 9.17) is 4.74 Å². The number of hydrogen-bond donors (Lipinski definition) is 0. The van der Waals surface area contributed by atoms with E-state index in [1.807, 2.05) is 19.0 Å². The monoisotopic (exact) mass is 171 g/mol. The molecular weight excluding hydrogens is 154 g/mol. The van der Waals surface area contributed by atoms with Crippen LogP contribution in [0.25, 0.3) is 0 Å². The van der Waals surface area contributed by atoms with Crippen molar-refractivity contribution in [3.63, 3.8) is 0 Å². The van der Waals surface area contributed by atoms with Crippen LogP contribution in [0.4, 0.5) is 0 Å². The van der Waals surface area contributed by atoms with Gasteiger partial charge in [0.1, 0.15) is 0 Å². The molecule has 0 aliphatic carbocycles. The van der Waals surface area contributed by atoms with Crippen molar-refractivity contribution < 1.29 is 9.53 Å². The van der Waals surface area contributed by atoms with Crippen molar-refractivity contribution >= 4 is 5.97 Å². The lowest BCUT2D eigenvalue weighted by molar-refractivity contribution is -0.138. The summed E-state index contributed by atoms with van der Waals surface area (Å²) in [5, 5.41) is 0. The Morgan fingerprint density at radius 1 is 1.50 bits per heavy atom. The molecule has 0 saturated carbocycles. The molecule has 0 amide bonds. The van der Waals surface area contributed by atoms with Gasteiger partial charge in [0.15, 0.2) is 0 Å². The van der Waals surface area contributed by atoms with Gasteiger partial charge in [0.2, 0.25) is 0 Å². The summed E-state index contributed by atoms with van der Waals surface area (Å²) in [6.07, 6.45) is 0.672. The Bertz CT molecular complexity index is 164. The first-order valence-electron chi connectivity index (χ1n) is 4.07. The minimum atomic E-state index is -0.278. The van der Waals surface area contributed by atoms with E-state index >= 15 is 0 Å². The number of hydrogen-bond acceptors (Lipinski definition) is 3. The molecule has 0 aromatic rings. The van der Waals surface area contributed by atoms with E-state index in [1.54, 1.807) is 6.92 Å². The average molecular weight is 171 g/mol. The van der Waals surface area contributed by atoms with E-state index in [2.05, 4.69) is 6.58 Å². The van der Waals surface area contributed by atoms with Crippen molar-refractivity contribution in [1.29, 1.82) is 0 Å². The third-order valence-corrected chi connectivity index (χ3v) is 1.42. The first-order chi connectivity index (χ1) is 5.57. The molecular formula is C9H17NO2. The van der Waals surface area contributed by atoms with Crippen LogP contribution < -0.4 is 0 Å². The molecule has 0 heterocycles. The van der Waals surface area contributed by atoms with E-state index in [1.165, 1.54) is 0 Å². The minimum absolute atomic E-state index is 0.278. The third kappa shape index (κ3) is 4.91. The topological polar surface area (TPSA) is 29.5 Å². The van der Waals surface area contributed by atoms with Gasteiger partial charge >= 0.3 is 5.97 Å². The van der Waals surface area contributed by atoms with Gasteiger partial charge < -0.3 is 9.64 Å². The Kier molecular flexibility index (Phi) is 5.37. The summed E-state index contributed by atoms with van der Waals surface area (Å²) in [6.45, 7) is 6.68. The summed E-state index contributed by atoms with van der Waals surface area (Å²) in [5.74, 6) is -0.278. The number of nitrogens with zero attached hydrogens (tertiary/aromatic N) is 1. The highest BCUT2D eigenvalue weighted by Crippen LogP contribution is 2.01. The molecule has 0 aliphatic rings.